The first-order valence-electron chi connectivity index (χ1n) is 10.4. The summed E-state index contributed by atoms with van der Waals surface area (Å²) in [7, 11) is 0. The van der Waals surface area contributed by atoms with Crippen LogP contribution in [0, 0.1) is 6.92 Å². The van der Waals surface area contributed by atoms with E-state index in [1.165, 1.54) is 10.7 Å². The van der Waals surface area contributed by atoms with E-state index in [4.69, 9.17) is 9.26 Å². The predicted molar refractivity (Wildman–Crippen MR) is 117 cm³/mol. The summed E-state index contributed by atoms with van der Waals surface area (Å²) in [5.41, 5.74) is 1.47. The van der Waals surface area contributed by atoms with Crippen molar-refractivity contribution in [1.29, 1.82) is 0 Å². The Morgan fingerprint density at radius 3 is 2.54 bits per heavy atom. The van der Waals surface area contributed by atoms with Crippen LogP contribution in [0.4, 0.5) is 24.5 Å². The van der Waals surface area contributed by atoms with Crippen LogP contribution in [0.3, 0.4) is 0 Å². The summed E-state index contributed by atoms with van der Waals surface area (Å²) in [5, 5.41) is 18.2. The number of aromatic nitrogens is 6. The molecular formula is C23H14F3N7O2. The Morgan fingerprint density at radius 1 is 0.914 bits per heavy atom. The second-order valence-electron chi connectivity index (χ2n) is 7.76. The van der Waals surface area contributed by atoms with E-state index in [0.29, 0.717) is 22.9 Å². The van der Waals surface area contributed by atoms with Crippen molar-refractivity contribution in [3.8, 4) is 40.0 Å². The van der Waals surface area contributed by atoms with E-state index in [1.54, 1.807) is 25.1 Å². The second kappa shape index (κ2) is 7.65. The van der Waals surface area contributed by atoms with Gasteiger partial charge in [-0.2, -0.15) is 22.8 Å². The molecule has 0 radical (unpaired) electrons. The monoisotopic (exact) mass is 477 g/mol. The van der Waals surface area contributed by atoms with Crippen molar-refractivity contribution < 1.29 is 22.4 Å². The van der Waals surface area contributed by atoms with E-state index in [1.807, 2.05) is 24.3 Å². The third-order valence-corrected chi connectivity index (χ3v) is 5.40. The molecule has 1 aliphatic rings. The quantitative estimate of drug-likeness (QED) is 0.354. The second-order valence-corrected chi connectivity index (χ2v) is 7.76. The summed E-state index contributed by atoms with van der Waals surface area (Å²) in [5.74, 6) is 1.66. The zero-order valence-corrected chi connectivity index (χ0v) is 17.9. The topological polar surface area (TPSA) is 104 Å². The fraction of sp³-hybridized carbons (Fsp3) is 0.0870. The Morgan fingerprint density at radius 2 is 1.74 bits per heavy atom. The number of ether oxygens (including phenoxy) is 1. The molecular weight excluding hydrogens is 463 g/mol. The Hall–Kier alpha value is -4.74. The van der Waals surface area contributed by atoms with Gasteiger partial charge in [0.15, 0.2) is 17.3 Å². The third-order valence-electron chi connectivity index (χ3n) is 5.40. The lowest BCUT2D eigenvalue weighted by molar-refractivity contribution is -0.137. The SMILES string of the molecule is Cc1nnnn1-c1cc(-c2nc(-c3ccc4c(c3)Oc3ccccc3N4)no2)cc(C(F)(F)F)c1. The van der Waals surface area contributed by atoms with Gasteiger partial charge in [0.05, 0.1) is 22.6 Å². The number of tetrazole rings is 1. The number of benzene rings is 3. The predicted octanol–water partition coefficient (Wildman–Crippen LogP) is 5.56. The van der Waals surface area contributed by atoms with Crippen LogP contribution < -0.4 is 10.1 Å². The number of halogens is 3. The summed E-state index contributed by atoms with van der Waals surface area (Å²) in [6.45, 7) is 1.58. The maximum atomic E-state index is 13.6. The molecule has 0 saturated carbocycles. The first-order valence-corrected chi connectivity index (χ1v) is 10.4. The fourth-order valence-electron chi connectivity index (χ4n) is 3.72. The van der Waals surface area contributed by atoms with Crippen LogP contribution in [-0.4, -0.2) is 30.3 Å². The third kappa shape index (κ3) is 3.74. The highest BCUT2D eigenvalue weighted by molar-refractivity contribution is 5.78. The van der Waals surface area contributed by atoms with E-state index in [9.17, 15) is 13.2 Å². The number of hydrogen-bond donors (Lipinski definition) is 1. The van der Waals surface area contributed by atoms with Gasteiger partial charge in [-0.3, -0.25) is 0 Å². The molecule has 0 atom stereocenters. The van der Waals surface area contributed by atoms with Crippen LogP contribution in [-0.2, 0) is 6.18 Å². The number of aryl methyl sites for hydroxylation is 1. The Bertz CT molecular complexity index is 1580. The average molecular weight is 477 g/mol. The summed E-state index contributed by atoms with van der Waals surface area (Å²) in [6, 6.07) is 16.1. The normalized spacial score (nSPS) is 12.5. The first-order chi connectivity index (χ1) is 16.8. The fourth-order valence-corrected chi connectivity index (χ4v) is 3.72. The number of hydrogen-bond acceptors (Lipinski definition) is 8. The van der Waals surface area contributed by atoms with E-state index in [0.717, 1.165) is 23.5 Å². The van der Waals surface area contributed by atoms with E-state index in [2.05, 4.69) is 31.0 Å². The van der Waals surface area contributed by atoms with Crippen molar-refractivity contribution in [2.75, 3.05) is 5.32 Å². The van der Waals surface area contributed by atoms with Gasteiger partial charge >= 0.3 is 6.18 Å². The van der Waals surface area contributed by atoms with Gasteiger partial charge in [0, 0.05) is 11.1 Å². The standard InChI is InChI=1S/C23H14F3N7O2/c1-12-29-31-32-33(12)16-9-14(8-15(11-16)23(24,25)26)22-28-21(30-35-22)13-6-7-18-20(10-13)34-19-5-3-2-4-17(19)27-18/h2-11,27H,1H3. The summed E-state index contributed by atoms with van der Waals surface area (Å²) < 4.78 is 53.3. The highest BCUT2D eigenvalue weighted by Gasteiger charge is 2.32. The van der Waals surface area contributed by atoms with Gasteiger partial charge < -0.3 is 14.6 Å². The maximum absolute atomic E-state index is 13.6. The lowest BCUT2D eigenvalue weighted by Gasteiger charge is -2.21. The van der Waals surface area contributed by atoms with Gasteiger partial charge in [-0.1, -0.05) is 17.3 Å². The van der Waals surface area contributed by atoms with Crippen molar-refractivity contribution in [2.24, 2.45) is 0 Å². The van der Waals surface area contributed by atoms with E-state index < -0.39 is 11.7 Å². The molecule has 3 heterocycles. The van der Waals surface area contributed by atoms with Gasteiger partial charge in [0.1, 0.15) is 0 Å². The maximum Gasteiger partial charge on any atom is 0.416 e. The summed E-state index contributed by atoms with van der Waals surface area (Å²) >= 11 is 0. The lowest BCUT2D eigenvalue weighted by atomic mass is 10.1. The number of nitrogens with zero attached hydrogens (tertiary/aromatic N) is 6. The molecule has 174 valence electrons. The van der Waals surface area contributed by atoms with Gasteiger partial charge in [0.25, 0.3) is 5.89 Å². The zero-order chi connectivity index (χ0) is 24.2. The van der Waals surface area contributed by atoms with Crippen molar-refractivity contribution in [3.63, 3.8) is 0 Å². The van der Waals surface area contributed by atoms with Gasteiger partial charge in [-0.05, 0) is 65.9 Å². The molecule has 0 unspecified atom stereocenters. The van der Waals surface area contributed by atoms with Crippen molar-refractivity contribution >= 4 is 11.4 Å². The smallest absolute Gasteiger partial charge is 0.416 e. The number of rotatable bonds is 3. The van der Waals surface area contributed by atoms with Crippen LogP contribution in [0.5, 0.6) is 11.5 Å². The molecule has 35 heavy (non-hydrogen) atoms. The minimum absolute atomic E-state index is 0.0771. The molecule has 12 heteroatoms. The van der Waals surface area contributed by atoms with Gasteiger partial charge in [-0.15, -0.1) is 5.10 Å². The molecule has 2 aromatic heterocycles. The summed E-state index contributed by atoms with van der Waals surface area (Å²) in [6.07, 6.45) is -4.60. The molecule has 9 nitrogen and oxygen atoms in total. The highest BCUT2D eigenvalue weighted by Crippen LogP contribution is 2.43. The number of anilines is 2. The number of nitrogens with one attached hydrogen (secondary N) is 1. The molecule has 0 saturated heterocycles. The first kappa shape index (κ1) is 20.8. The minimum atomic E-state index is -4.60. The Balaban J connectivity index is 1.37. The largest absolute Gasteiger partial charge is 0.453 e. The molecule has 1 aliphatic heterocycles. The molecule has 3 aromatic carbocycles. The van der Waals surface area contributed by atoms with E-state index in [-0.39, 0.29) is 23.0 Å². The lowest BCUT2D eigenvalue weighted by Crippen LogP contribution is -2.08. The molecule has 0 aliphatic carbocycles. The van der Waals surface area contributed by atoms with Crippen molar-refractivity contribution in [2.45, 2.75) is 13.1 Å². The van der Waals surface area contributed by atoms with Gasteiger partial charge in [0.2, 0.25) is 5.82 Å². The zero-order valence-electron chi connectivity index (χ0n) is 17.9. The number of alkyl halides is 3. The highest BCUT2D eigenvalue weighted by atomic mass is 19.4. The van der Waals surface area contributed by atoms with Gasteiger partial charge in [-0.25, -0.2) is 0 Å². The van der Waals surface area contributed by atoms with Crippen molar-refractivity contribution in [1.82, 2.24) is 30.3 Å². The molecule has 0 spiro atoms. The molecule has 0 fully saturated rings. The van der Waals surface area contributed by atoms with Crippen LogP contribution >= 0.6 is 0 Å². The number of para-hydroxylation sites is 2. The van der Waals surface area contributed by atoms with Crippen molar-refractivity contribution in [3.05, 3.63) is 72.1 Å². The molecule has 5 aromatic rings. The summed E-state index contributed by atoms with van der Waals surface area (Å²) in [4.78, 5) is 4.33. The Kier molecular flexibility index (Phi) is 4.56. The molecule has 0 bridgehead atoms. The Labute approximate surface area is 195 Å². The van der Waals surface area contributed by atoms with Crippen LogP contribution in [0.1, 0.15) is 11.4 Å². The average Bonchev–Trinajstić information content (AvgIpc) is 3.51. The van der Waals surface area contributed by atoms with Crippen LogP contribution in [0.2, 0.25) is 0 Å². The van der Waals surface area contributed by atoms with E-state index >= 15 is 0 Å². The number of fused-ring (bicyclic) bond motifs is 2. The molecule has 6 rings (SSSR count). The van der Waals surface area contributed by atoms with Crippen LogP contribution in [0.25, 0.3) is 28.5 Å². The molecule has 0 amide bonds. The minimum Gasteiger partial charge on any atom is -0.453 e. The molecule has 1 N–H and O–H groups in total. The van der Waals surface area contributed by atoms with Crippen LogP contribution in [0.15, 0.2) is 65.2 Å².